The molecule has 0 aliphatic rings. The highest BCUT2D eigenvalue weighted by Gasteiger charge is 1.98. The molecule has 2 heterocycles. The van der Waals surface area contributed by atoms with Gasteiger partial charge in [0.25, 0.3) is 0 Å². The van der Waals surface area contributed by atoms with Crippen molar-refractivity contribution in [2.75, 3.05) is 7.05 Å². The van der Waals surface area contributed by atoms with Crippen molar-refractivity contribution in [3.05, 3.63) is 36.2 Å². The lowest BCUT2D eigenvalue weighted by Gasteiger charge is -1.93. The van der Waals surface area contributed by atoms with E-state index in [0.29, 0.717) is 5.71 Å². The van der Waals surface area contributed by atoms with E-state index in [2.05, 4.69) is 10.3 Å². The van der Waals surface area contributed by atoms with Gasteiger partial charge in [-0.2, -0.15) is 0 Å². The highest BCUT2D eigenvalue weighted by atomic mass is 16.3. The van der Waals surface area contributed by atoms with E-state index in [1.165, 1.54) is 6.08 Å². The highest BCUT2D eigenvalue weighted by Crippen LogP contribution is 2.14. The van der Waals surface area contributed by atoms with E-state index in [1.54, 1.807) is 25.6 Å². The van der Waals surface area contributed by atoms with Crippen LogP contribution in [0.25, 0.3) is 17.2 Å². The van der Waals surface area contributed by atoms with Gasteiger partial charge in [-0.3, -0.25) is 4.79 Å². The van der Waals surface area contributed by atoms with Crippen LogP contribution in [0.4, 0.5) is 0 Å². The molecule has 4 heteroatoms. The van der Waals surface area contributed by atoms with Crippen molar-refractivity contribution >= 4 is 23.1 Å². The fraction of sp³-hybridized carbons (Fsp3) is 0.0909. The third-order valence-electron chi connectivity index (χ3n) is 2.00. The SMILES string of the molecule is CNC(=O)/C=C/c1cnc2occc2c1. The second-order valence-corrected chi connectivity index (χ2v) is 3.03. The van der Waals surface area contributed by atoms with E-state index in [-0.39, 0.29) is 5.91 Å². The normalized spacial score (nSPS) is 11.0. The summed E-state index contributed by atoms with van der Waals surface area (Å²) in [6, 6.07) is 3.74. The van der Waals surface area contributed by atoms with Gasteiger partial charge < -0.3 is 9.73 Å². The molecule has 0 atom stereocenters. The number of carbonyl (C=O) groups excluding carboxylic acids is 1. The van der Waals surface area contributed by atoms with Crippen LogP contribution in [-0.2, 0) is 4.79 Å². The number of nitrogens with zero attached hydrogens (tertiary/aromatic N) is 1. The van der Waals surface area contributed by atoms with Gasteiger partial charge in [-0.15, -0.1) is 0 Å². The van der Waals surface area contributed by atoms with Crippen LogP contribution in [0.1, 0.15) is 5.56 Å². The predicted octanol–water partition coefficient (Wildman–Crippen LogP) is 1.59. The van der Waals surface area contributed by atoms with Crippen LogP contribution < -0.4 is 5.32 Å². The first-order valence-corrected chi connectivity index (χ1v) is 4.52. The number of pyridine rings is 1. The lowest BCUT2D eigenvalue weighted by atomic mass is 10.2. The van der Waals surface area contributed by atoms with E-state index in [1.807, 2.05) is 12.1 Å². The smallest absolute Gasteiger partial charge is 0.243 e. The average Bonchev–Trinajstić information content (AvgIpc) is 2.72. The maximum absolute atomic E-state index is 11.0. The molecule has 2 aromatic heterocycles. The summed E-state index contributed by atoms with van der Waals surface area (Å²) in [4.78, 5) is 15.1. The van der Waals surface area contributed by atoms with Crippen molar-refractivity contribution in [3.8, 4) is 0 Å². The van der Waals surface area contributed by atoms with E-state index < -0.39 is 0 Å². The number of furan rings is 1. The Bertz CT molecular complexity index is 514. The van der Waals surface area contributed by atoms with E-state index in [0.717, 1.165) is 10.9 Å². The number of nitrogens with one attached hydrogen (secondary N) is 1. The molecule has 1 amide bonds. The first kappa shape index (κ1) is 9.45. The number of aromatic nitrogens is 1. The van der Waals surface area contributed by atoms with Crippen molar-refractivity contribution in [1.29, 1.82) is 0 Å². The lowest BCUT2D eigenvalue weighted by molar-refractivity contribution is -0.115. The Morgan fingerprint density at radius 2 is 2.47 bits per heavy atom. The molecule has 0 unspecified atom stereocenters. The molecule has 76 valence electrons. The Hall–Kier alpha value is -2.10. The summed E-state index contributed by atoms with van der Waals surface area (Å²) in [5.74, 6) is -0.137. The van der Waals surface area contributed by atoms with Crippen molar-refractivity contribution in [3.63, 3.8) is 0 Å². The summed E-state index contributed by atoms with van der Waals surface area (Å²) in [5, 5.41) is 3.43. The molecule has 0 radical (unpaired) electrons. The molecule has 0 fully saturated rings. The Labute approximate surface area is 86.6 Å². The van der Waals surface area contributed by atoms with Gasteiger partial charge in [0, 0.05) is 24.7 Å². The van der Waals surface area contributed by atoms with Crippen LogP contribution in [0.3, 0.4) is 0 Å². The second kappa shape index (κ2) is 3.96. The number of carbonyl (C=O) groups is 1. The van der Waals surface area contributed by atoms with Crippen molar-refractivity contribution in [2.45, 2.75) is 0 Å². The lowest BCUT2D eigenvalue weighted by Crippen LogP contribution is -2.13. The molecule has 4 nitrogen and oxygen atoms in total. The predicted molar refractivity (Wildman–Crippen MR) is 57.1 cm³/mol. The van der Waals surface area contributed by atoms with Gasteiger partial charge >= 0.3 is 0 Å². The monoisotopic (exact) mass is 202 g/mol. The fourth-order valence-corrected chi connectivity index (χ4v) is 1.22. The van der Waals surface area contributed by atoms with Gasteiger partial charge in [0.1, 0.15) is 0 Å². The van der Waals surface area contributed by atoms with Gasteiger partial charge in [0.05, 0.1) is 6.26 Å². The van der Waals surface area contributed by atoms with Crippen molar-refractivity contribution in [2.24, 2.45) is 0 Å². The molecule has 0 aromatic carbocycles. The van der Waals surface area contributed by atoms with Crippen LogP contribution in [0.5, 0.6) is 0 Å². The first-order chi connectivity index (χ1) is 7.29. The maximum Gasteiger partial charge on any atom is 0.243 e. The molecule has 0 bridgehead atoms. The molecule has 15 heavy (non-hydrogen) atoms. The average molecular weight is 202 g/mol. The minimum Gasteiger partial charge on any atom is -0.446 e. The topological polar surface area (TPSA) is 55.1 Å². The minimum absolute atomic E-state index is 0.137. The fourth-order valence-electron chi connectivity index (χ4n) is 1.22. The standard InChI is InChI=1S/C11H10N2O2/c1-12-10(14)3-2-8-6-9-4-5-15-11(9)13-7-8/h2-7H,1H3,(H,12,14)/b3-2+. The molecule has 2 aromatic rings. The largest absolute Gasteiger partial charge is 0.446 e. The van der Waals surface area contributed by atoms with Crippen LogP contribution in [0.2, 0.25) is 0 Å². The molecule has 0 saturated heterocycles. The summed E-state index contributed by atoms with van der Waals surface area (Å²) in [6.45, 7) is 0. The summed E-state index contributed by atoms with van der Waals surface area (Å²) < 4.78 is 5.11. The third kappa shape index (κ3) is 2.04. The Kier molecular flexibility index (Phi) is 2.49. The van der Waals surface area contributed by atoms with Crippen LogP contribution in [-0.4, -0.2) is 17.9 Å². The summed E-state index contributed by atoms with van der Waals surface area (Å²) in [7, 11) is 1.59. The van der Waals surface area contributed by atoms with Gasteiger partial charge in [-0.1, -0.05) is 0 Å². The zero-order valence-electron chi connectivity index (χ0n) is 8.23. The molecule has 0 spiro atoms. The second-order valence-electron chi connectivity index (χ2n) is 3.03. The van der Waals surface area contributed by atoms with Crippen LogP contribution >= 0.6 is 0 Å². The van der Waals surface area contributed by atoms with Gasteiger partial charge in [0.2, 0.25) is 11.6 Å². The van der Waals surface area contributed by atoms with Crippen LogP contribution in [0, 0.1) is 0 Å². The number of rotatable bonds is 2. The number of hydrogen-bond acceptors (Lipinski definition) is 3. The van der Waals surface area contributed by atoms with E-state index in [4.69, 9.17) is 4.42 Å². The number of hydrogen-bond donors (Lipinski definition) is 1. The first-order valence-electron chi connectivity index (χ1n) is 4.52. The van der Waals surface area contributed by atoms with Crippen molar-refractivity contribution < 1.29 is 9.21 Å². The number of likely N-dealkylation sites (N-methyl/N-ethyl adjacent to an activating group) is 1. The molecule has 0 aliphatic heterocycles. The highest BCUT2D eigenvalue weighted by molar-refractivity contribution is 5.91. The molecular weight excluding hydrogens is 192 g/mol. The zero-order valence-corrected chi connectivity index (χ0v) is 8.23. The summed E-state index contributed by atoms with van der Waals surface area (Å²) >= 11 is 0. The minimum atomic E-state index is -0.137. The van der Waals surface area contributed by atoms with Crippen LogP contribution in [0.15, 0.2) is 35.1 Å². The quantitative estimate of drug-likeness (QED) is 0.752. The Balaban J connectivity index is 2.28. The summed E-state index contributed by atoms with van der Waals surface area (Å²) in [5.41, 5.74) is 1.47. The van der Waals surface area contributed by atoms with Gasteiger partial charge in [-0.25, -0.2) is 4.98 Å². The van der Waals surface area contributed by atoms with E-state index >= 15 is 0 Å². The van der Waals surface area contributed by atoms with Gasteiger partial charge in [-0.05, 0) is 23.8 Å². The third-order valence-corrected chi connectivity index (χ3v) is 2.00. The molecule has 0 saturated carbocycles. The molecule has 2 rings (SSSR count). The number of fused-ring (bicyclic) bond motifs is 1. The van der Waals surface area contributed by atoms with Crippen molar-refractivity contribution in [1.82, 2.24) is 10.3 Å². The molecule has 1 N–H and O–H groups in total. The maximum atomic E-state index is 11.0. The zero-order chi connectivity index (χ0) is 10.7. The molecular formula is C11H10N2O2. The Morgan fingerprint density at radius 1 is 1.60 bits per heavy atom. The number of amides is 1. The summed E-state index contributed by atoms with van der Waals surface area (Å²) in [6.07, 6.45) is 6.41. The van der Waals surface area contributed by atoms with E-state index in [9.17, 15) is 4.79 Å². The Morgan fingerprint density at radius 3 is 3.27 bits per heavy atom. The molecule has 0 aliphatic carbocycles. The van der Waals surface area contributed by atoms with Gasteiger partial charge in [0.15, 0.2) is 0 Å².